The van der Waals surface area contributed by atoms with Gasteiger partial charge in [0.25, 0.3) is 0 Å². The van der Waals surface area contributed by atoms with Gasteiger partial charge in [0, 0.05) is 23.5 Å². The molecule has 1 N–H and O–H groups in total. The number of nitrogens with one attached hydrogen (secondary N) is 1. The first-order valence-electron chi connectivity index (χ1n) is 12.9. The van der Waals surface area contributed by atoms with E-state index in [-0.39, 0.29) is 5.75 Å². The van der Waals surface area contributed by atoms with E-state index in [4.69, 9.17) is 0 Å². The van der Waals surface area contributed by atoms with Crippen LogP contribution in [0.25, 0.3) is 17.1 Å². The van der Waals surface area contributed by atoms with E-state index in [1.54, 1.807) is 24.3 Å². The van der Waals surface area contributed by atoms with Gasteiger partial charge in [-0.2, -0.15) is 10.3 Å². The number of rotatable bonds is 7. The molecule has 0 saturated carbocycles. The molecule has 5 rings (SSSR count). The van der Waals surface area contributed by atoms with Gasteiger partial charge in [-0.1, -0.05) is 61.2 Å². The molecular weight excluding hydrogens is 567 g/mol. The van der Waals surface area contributed by atoms with Crippen LogP contribution < -0.4 is 15.0 Å². The number of alkyl halides is 3. The first-order chi connectivity index (χ1) is 20.2. The van der Waals surface area contributed by atoms with Gasteiger partial charge in [0.15, 0.2) is 11.0 Å². The van der Waals surface area contributed by atoms with Crippen molar-refractivity contribution in [3.05, 3.63) is 90.3 Å². The van der Waals surface area contributed by atoms with Crippen LogP contribution in [0.2, 0.25) is 0 Å². The number of aryl methyl sites for hydroxylation is 1. The summed E-state index contributed by atoms with van der Waals surface area (Å²) < 4.78 is 42.5. The van der Waals surface area contributed by atoms with E-state index in [1.165, 1.54) is 47.0 Å². The quantitative estimate of drug-likeness (QED) is 0.270. The van der Waals surface area contributed by atoms with E-state index < -0.39 is 18.4 Å². The van der Waals surface area contributed by atoms with Gasteiger partial charge in [-0.3, -0.25) is 0 Å². The van der Waals surface area contributed by atoms with Gasteiger partial charge in [-0.25, -0.2) is 14.5 Å². The van der Waals surface area contributed by atoms with Crippen molar-refractivity contribution in [1.29, 1.82) is 5.26 Å². The van der Waals surface area contributed by atoms with Crippen molar-refractivity contribution in [1.82, 2.24) is 20.1 Å². The van der Waals surface area contributed by atoms with Gasteiger partial charge in [0.1, 0.15) is 18.1 Å². The molecule has 0 radical (unpaired) electrons. The second-order valence-corrected chi connectivity index (χ2v) is 10.1. The molecule has 1 atom stereocenters. The summed E-state index contributed by atoms with van der Waals surface area (Å²) in [6.07, 6.45) is -2.48. The number of nitrogens with zero attached hydrogens (tertiary/aromatic N) is 6. The fourth-order valence-corrected chi connectivity index (χ4v) is 5.32. The molecular formula is C29H24F3N7O2S. The average Bonchev–Trinajstić information content (AvgIpc) is 3.66. The smallest absolute Gasteiger partial charge is 0.406 e. The first-order valence-corrected chi connectivity index (χ1v) is 13.9. The van der Waals surface area contributed by atoms with Crippen LogP contribution in [-0.2, 0) is 6.42 Å². The second kappa shape index (κ2) is 12.4. The number of nitriles is 1. The highest BCUT2D eigenvalue weighted by molar-refractivity contribution is 8.14. The van der Waals surface area contributed by atoms with E-state index in [9.17, 15) is 23.2 Å². The Balaban J connectivity index is 1.25. The Morgan fingerprint density at radius 1 is 1.14 bits per heavy atom. The second-order valence-electron chi connectivity index (χ2n) is 9.06. The van der Waals surface area contributed by atoms with E-state index in [0.717, 1.165) is 30.0 Å². The van der Waals surface area contributed by atoms with Gasteiger partial charge in [0.2, 0.25) is 0 Å². The number of amidine groups is 1. The van der Waals surface area contributed by atoms with E-state index >= 15 is 0 Å². The lowest BCUT2D eigenvalue weighted by atomic mass is 10.1. The number of aliphatic imine (C=N–C) groups is 1. The number of aromatic nitrogens is 3. The largest absolute Gasteiger partial charge is 0.573 e. The van der Waals surface area contributed by atoms with Crippen molar-refractivity contribution in [2.45, 2.75) is 25.7 Å². The van der Waals surface area contributed by atoms with E-state index in [2.05, 4.69) is 44.2 Å². The molecule has 9 nitrogen and oxygen atoms in total. The van der Waals surface area contributed by atoms with Crippen LogP contribution in [0.5, 0.6) is 5.75 Å². The summed E-state index contributed by atoms with van der Waals surface area (Å²) >= 11 is 1.49. The fourth-order valence-electron chi connectivity index (χ4n) is 4.37. The lowest BCUT2D eigenvalue weighted by molar-refractivity contribution is -0.274. The predicted octanol–water partition coefficient (Wildman–Crippen LogP) is 6.28. The number of halogens is 3. The first kappa shape index (κ1) is 28.7. The van der Waals surface area contributed by atoms with Crippen LogP contribution in [0.15, 0.2) is 84.1 Å². The van der Waals surface area contributed by atoms with E-state index in [1.807, 2.05) is 23.1 Å². The van der Waals surface area contributed by atoms with E-state index in [0.29, 0.717) is 27.8 Å². The third-order valence-corrected chi connectivity index (χ3v) is 7.32. The molecule has 0 bridgehead atoms. The number of carbonyl (C=O) groups is 1. The Kier molecular flexibility index (Phi) is 8.44. The predicted molar refractivity (Wildman–Crippen MR) is 153 cm³/mol. The number of thioether (sulfide) groups is 1. The van der Waals surface area contributed by atoms with Crippen LogP contribution in [-0.4, -0.2) is 44.6 Å². The van der Waals surface area contributed by atoms with Crippen LogP contribution in [0.4, 0.5) is 23.7 Å². The molecule has 1 fully saturated rings. The van der Waals surface area contributed by atoms with Crippen LogP contribution >= 0.6 is 11.8 Å². The number of hydrogen-bond acceptors (Lipinski definition) is 6. The van der Waals surface area contributed by atoms with Gasteiger partial charge in [-0.05, 0) is 47.9 Å². The fraction of sp³-hybridized carbons (Fsp3) is 0.207. The maximum Gasteiger partial charge on any atom is 0.573 e. The molecule has 1 aliphatic rings. The summed E-state index contributed by atoms with van der Waals surface area (Å²) in [6.45, 7) is 2.81. The molecule has 42 heavy (non-hydrogen) atoms. The van der Waals surface area contributed by atoms with Crippen LogP contribution in [0, 0.1) is 11.3 Å². The number of carbonyl (C=O) groups excluding carboxylic acids is 1. The third-order valence-electron chi connectivity index (χ3n) is 6.36. The number of para-hydroxylation sites is 1. The highest BCUT2D eigenvalue weighted by Crippen LogP contribution is 2.29. The highest BCUT2D eigenvalue weighted by Gasteiger charge is 2.31. The molecule has 4 aromatic rings. The van der Waals surface area contributed by atoms with Crippen LogP contribution in [0.1, 0.15) is 24.1 Å². The minimum atomic E-state index is -4.77. The number of anilines is 1. The zero-order valence-corrected chi connectivity index (χ0v) is 23.1. The molecule has 1 aliphatic heterocycles. The maximum atomic E-state index is 12.8. The Morgan fingerprint density at radius 3 is 2.57 bits per heavy atom. The Labute approximate surface area is 243 Å². The number of ether oxygens (including phenoxy) is 1. The van der Waals surface area contributed by atoms with Crippen molar-refractivity contribution in [2.24, 2.45) is 4.99 Å². The Hall–Kier alpha value is -4.83. The molecule has 13 heteroatoms. The van der Waals surface area contributed by atoms with Gasteiger partial charge >= 0.3 is 12.4 Å². The lowest BCUT2D eigenvalue weighted by Gasteiger charge is -2.21. The van der Waals surface area contributed by atoms with Crippen molar-refractivity contribution in [3.63, 3.8) is 0 Å². The summed E-state index contributed by atoms with van der Waals surface area (Å²) in [7, 11) is 0. The van der Waals surface area contributed by atoms with Crippen molar-refractivity contribution in [3.8, 4) is 28.9 Å². The Bertz CT molecular complexity index is 1630. The van der Waals surface area contributed by atoms with Gasteiger partial charge in [-0.15, -0.1) is 18.3 Å². The molecule has 2 heterocycles. The number of benzene rings is 3. The standard InChI is InChI=1S/C29H24F3N7O2S/c1-2-19-5-3-4-6-25(19)38-15-16-42-28(38)36-27(40)35-24(17-33)20-7-9-21(10-8-20)26-34-18-39(37-26)22-11-13-23(14-12-22)41-29(30,31)32/h3-14,18,24H,2,15-16H2,1H3,(H,35,40). The highest BCUT2D eigenvalue weighted by atomic mass is 32.2. The maximum absolute atomic E-state index is 12.8. The molecule has 1 saturated heterocycles. The monoisotopic (exact) mass is 591 g/mol. The zero-order chi connectivity index (χ0) is 29.7. The van der Waals surface area contributed by atoms with Gasteiger partial charge < -0.3 is 15.0 Å². The summed E-state index contributed by atoms with van der Waals surface area (Å²) in [6, 6.07) is 20.6. The Morgan fingerprint density at radius 2 is 1.88 bits per heavy atom. The average molecular weight is 592 g/mol. The molecule has 0 spiro atoms. The third kappa shape index (κ3) is 6.72. The molecule has 1 unspecified atom stereocenters. The summed E-state index contributed by atoms with van der Waals surface area (Å²) in [5.74, 6) is 0.829. The van der Waals surface area contributed by atoms with Gasteiger partial charge in [0.05, 0.1) is 11.8 Å². The number of urea groups is 1. The van der Waals surface area contributed by atoms with Crippen molar-refractivity contribution < 1.29 is 22.7 Å². The lowest BCUT2D eigenvalue weighted by Crippen LogP contribution is -2.29. The number of hydrogen-bond donors (Lipinski definition) is 1. The van der Waals surface area contributed by atoms with Crippen molar-refractivity contribution in [2.75, 3.05) is 17.2 Å². The SMILES string of the molecule is CCc1ccccc1N1CCSC1=NC(=O)NC(C#N)c1ccc(-c2ncn(-c3ccc(OC(F)(F)F)cc3)n2)cc1. The summed E-state index contributed by atoms with van der Waals surface area (Å²) in [5.41, 5.74) is 3.88. The molecule has 214 valence electrons. The molecule has 1 aromatic heterocycles. The molecule has 0 aliphatic carbocycles. The summed E-state index contributed by atoms with van der Waals surface area (Å²) in [5, 5.41) is 17.4. The minimum absolute atomic E-state index is 0.339. The minimum Gasteiger partial charge on any atom is -0.406 e. The molecule has 2 amide bonds. The topological polar surface area (TPSA) is 108 Å². The van der Waals surface area contributed by atoms with Crippen molar-refractivity contribution >= 4 is 28.6 Å². The summed E-state index contributed by atoms with van der Waals surface area (Å²) in [4.78, 5) is 23.4. The zero-order valence-electron chi connectivity index (χ0n) is 22.2. The van der Waals surface area contributed by atoms with Crippen LogP contribution in [0.3, 0.4) is 0 Å². The normalized spacial score (nSPS) is 14.9. The molecule has 3 aromatic carbocycles. The number of amides is 2.